The highest BCUT2D eigenvalue weighted by atomic mass is 16.3. The van der Waals surface area contributed by atoms with E-state index in [1.165, 1.54) is 32.4 Å². The molecule has 1 fully saturated rings. The lowest BCUT2D eigenvalue weighted by Crippen LogP contribution is -2.37. The molecule has 27 heavy (non-hydrogen) atoms. The lowest BCUT2D eigenvalue weighted by Gasteiger charge is -2.24. The second kappa shape index (κ2) is 16.0. The fraction of sp³-hybridized carbons (Fsp3) is 0.783. The van der Waals surface area contributed by atoms with Gasteiger partial charge in [-0.25, -0.2) is 0 Å². The highest BCUT2D eigenvalue weighted by molar-refractivity contribution is 5.62. The third kappa shape index (κ3) is 18.2. The van der Waals surface area contributed by atoms with Gasteiger partial charge in [-0.3, -0.25) is 0 Å². The van der Waals surface area contributed by atoms with E-state index < -0.39 is 0 Å². The van der Waals surface area contributed by atoms with Gasteiger partial charge in [0.15, 0.2) is 0 Å². The number of piperidine rings is 1. The molecule has 0 aromatic rings. The molecule has 0 spiro atoms. The average Bonchev–Trinajstić information content (AvgIpc) is 2.65. The Labute approximate surface area is 168 Å². The van der Waals surface area contributed by atoms with Crippen LogP contribution < -0.4 is 10.6 Å². The molecule has 3 N–H and O–H groups in total. The van der Waals surface area contributed by atoms with Crippen molar-refractivity contribution in [2.24, 2.45) is 17.3 Å². The standard InChI is InChI=1S/C11H19N.C7H16O.C5H11NO/c1-2-3-4-5-6-11-7-9-12-10-8-11;1-6(5-8)7(2,3)4;1-5(2,4-7)6-3/h2-5,11-12H,6-10H2,1H3;6,8H,5H2,1-4H3;4,6H,1-3H3/b3-2-,5-4-;;. The van der Waals surface area contributed by atoms with Crippen LogP contribution in [0.15, 0.2) is 24.3 Å². The molecule has 4 nitrogen and oxygen atoms in total. The Hall–Kier alpha value is -0.970. The van der Waals surface area contributed by atoms with Gasteiger partial charge in [0, 0.05) is 6.61 Å². The summed E-state index contributed by atoms with van der Waals surface area (Å²) in [6.07, 6.45) is 13.4. The maximum Gasteiger partial charge on any atom is 0.139 e. The number of hydrogen-bond acceptors (Lipinski definition) is 4. The molecule has 0 bridgehead atoms. The van der Waals surface area contributed by atoms with E-state index in [-0.39, 0.29) is 11.0 Å². The number of nitrogens with one attached hydrogen (secondary N) is 2. The summed E-state index contributed by atoms with van der Waals surface area (Å²) in [6, 6.07) is 0. The van der Waals surface area contributed by atoms with Gasteiger partial charge >= 0.3 is 0 Å². The van der Waals surface area contributed by atoms with Crippen molar-refractivity contribution in [2.75, 3.05) is 26.7 Å². The molecule has 1 unspecified atom stereocenters. The van der Waals surface area contributed by atoms with E-state index >= 15 is 0 Å². The van der Waals surface area contributed by atoms with E-state index in [2.05, 4.69) is 69.6 Å². The molecule has 0 amide bonds. The minimum atomic E-state index is -0.347. The van der Waals surface area contributed by atoms with Crippen LogP contribution in [0.4, 0.5) is 0 Å². The second-order valence-corrected chi connectivity index (χ2v) is 8.92. The van der Waals surface area contributed by atoms with Crippen LogP contribution in [0.25, 0.3) is 0 Å². The monoisotopic (exact) mass is 382 g/mol. The smallest absolute Gasteiger partial charge is 0.139 e. The zero-order valence-electron chi connectivity index (χ0n) is 19.1. The summed E-state index contributed by atoms with van der Waals surface area (Å²) in [6.45, 7) is 16.9. The van der Waals surface area contributed by atoms with Crippen molar-refractivity contribution in [1.82, 2.24) is 10.6 Å². The van der Waals surface area contributed by atoms with E-state index in [9.17, 15) is 4.79 Å². The summed E-state index contributed by atoms with van der Waals surface area (Å²) in [7, 11) is 1.76. The Morgan fingerprint density at radius 2 is 1.70 bits per heavy atom. The zero-order valence-corrected chi connectivity index (χ0v) is 19.1. The Bertz CT molecular complexity index is 403. The number of aliphatic hydroxyl groups is 1. The Morgan fingerprint density at radius 3 is 2.00 bits per heavy atom. The number of allylic oxidation sites excluding steroid dienone is 4. The first-order chi connectivity index (χ1) is 12.5. The third-order valence-corrected chi connectivity index (χ3v) is 5.06. The van der Waals surface area contributed by atoms with Crippen molar-refractivity contribution >= 4 is 6.29 Å². The summed E-state index contributed by atoms with van der Waals surface area (Å²) >= 11 is 0. The molecule has 0 aliphatic carbocycles. The SMILES string of the molecule is C/C=C\C=C/CC1CCNCC1.CC(CO)C(C)(C)C.CNC(C)(C)C=O. The van der Waals surface area contributed by atoms with Crippen LogP contribution in [-0.2, 0) is 4.79 Å². The van der Waals surface area contributed by atoms with Gasteiger partial charge in [0.1, 0.15) is 6.29 Å². The Morgan fingerprint density at radius 1 is 1.15 bits per heavy atom. The molecule has 0 saturated carbocycles. The van der Waals surface area contributed by atoms with Gasteiger partial charge in [-0.1, -0.05) is 52.0 Å². The van der Waals surface area contributed by atoms with Crippen LogP contribution in [0, 0.1) is 17.3 Å². The lowest BCUT2D eigenvalue weighted by atomic mass is 9.83. The maximum absolute atomic E-state index is 10.00. The number of rotatable bonds is 6. The summed E-state index contributed by atoms with van der Waals surface area (Å²) in [5.41, 5.74) is -0.0885. The summed E-state index contributed by atoms with van der Waals surface area (Å²) in [4.78, 5) is 10.00. The van der Waals surface area contributed by atoms with E-state index in [0.29, 0.717) is 12.5 Å². The first kappa shape index (κ1) is 28.2. The van der Waals surface area contributed by atoms with Gasteiger partial charge in [0.05, 0.1) is 5.54 Å². The van der Waals surface area contributed by atoms with Crippen LogP contribution in [0.3, 0.4) is 0 Å². The predicted octanol–water partition coefficient (Wildman–Crippen LogP) is 4.35. The number of aliphatic hydroxyl groups excluding tert-OH is 1. The summed E-state index contributed by atoms with van der Waals surface area (Å²) in [5.74, 6) is 1.33. The first-order valence-electron chi connectivity index (χ1n) is 10.3. The Kier molecular flexibility index (Phi) is 16.8. The molecule has 160 valence electrons. The van der Waals surface area contributed by atoms with Crippen LogP contribution in [0.2, 0.25) is 0 Å². The van der Waals surface area contributed by atoms with Crippen molar-refractivity contribution in [3.8, 4) is 0 Å². The predicted molar refractivity (Wildman–Crippen MR) is 119 cm³/mol. The molecule has 0 aromatic heterocycles. The molecular weight excluding hydrogens is 336 g/mol. The molecule has 1 rings (SSSR count). The van der Waals surface area contributed by atoms with Crippen molar-refractivity contribution in [3.05, 3.63) is 24.3 Å². The second-order valence-electron chi connectivity index (χ2n) is 8.92. The normalized spacial score (nSPS) is 17.1. The van der Waals surface area contributed by atoms with Crippen LogP contribution >= 0.6 is 0 Å². The van der Waals surface area contributed by atoms with Crippen molar-refractivity contribution in [2.45, 2.75) is 73.3 Å². The van der Waals surface area contributed by atoms with E-state index in [4.69, 9.17) is 5.11 Å². The van der Waals surface area contributed by atoms with Gasteiger partial charge in [-0.05, 0) is 77.4 Å². The van der Waals surface area contributed by atoms with Crippen molar-refractivity contribution in [3.63, 3.8) is 0 Å². The quantitative estimate of drug-likeness (QED) is 0.472. The minimum absolute atomic E-state index is 0.259. The number of aldehydes is 1. The number of carbonyl (C=O) groups is 1. The van der Waals surface area contributed by atoms with Crippen LogP contribution in [-0.4, -0.2) is 43.7 Å². The molecular formula is C23H46N2O2. The molecule has 1 saturated heterocycles. The molecule has 1 aliphatic heterocycles. The van der Waals surface area contributed by atoms with Gasteiger partial charge in [-0.2, -0.15) is 0 Å². The number of carbonyl (C=O) groups excluding carboxylic acids is 1. The molecule has 1 aliphatic rings. The number of likely N-dealkylation sites (N-methyl/N-ethyl adjacent to an activating group) is 1. The topological polar surface area (TPSA) is 61.4 Å². The van der Waals surface area contributed by atoms with Gasteiger partial charge < -0.3 is 20.5 Å². The lowest BCUT2D eigenvalue weighted by molar-refractivity contribution is -0.112. The maximum atomic E-state index is 10.00. The number of hydrogen-bond donors (Lipinski definition) is 3. The summed E-state index contributed by atoms with van der Waals surface area (Å²) in [5, 5.41) is 14.9. The largest absolute Gasteiger partial charge is 0.396 e. The fourth-order valence-corrected chi connectivity index (χ4v) is 1.91. The molecule has 1 heterocycles. The Balaban J connectivity index is 0. The van der Waals surface area contributed by atoms with E-state index in [1.54, 1.807) is 7.05 Å². The fourth-order valence-electron chi connectivity index (χ4n) is 1.91. The molecule has 4 heteroatoms. The van der Waals surface area contributed by atoms with Gasteiger partial charge in [0.25, 0.3) is 0 Å². The van der Waals surface area contributed by atoms with Crippen LogP contribution in [0.1, 0.15) is 67.7 Å². The average molecular weight is 383 g/mol. The first-order valence-corrected chi connectivity index (χ1v) is 10.3. The minimum Gasteiger partial charge on any atom is -0.396 e. The molecule has 0 radical (unpaired) electrons. The highest BCUT2D eigenvalue weighted by Crippen LogP contribution is 2.24. The van der Waals surface area contributed by atoms with Crippen LogP contribution in [0.5, 0.6) is 0 Å². The van der Waals surface area contributed by atoms with Crippen molar-refractivity contribution in [1.29, 1.82) is 0 Å². The third-order valence-electron chi connectivity index (χ3n) is 5.06. The van der Waals surface area contributed by atoms with Crippen molar-refractivity contribution < 1.29 is 9.90 Å². The van der Waals surface area contributed by atoms with Gasteiger partial charge in [-0.15, -0.1) is 0 Å². The zero-order chi connectivity index (χ0) is 21.3. The van der Waals surface area contributed by atoms with E-state index in [0.717, 1.165) is 12.2 Å². The van der Waals surface area contributed by atoms with Gasteiger partial charge in [0.2, 0.25) is 0 Å². The van der Waals surface area contributed by atoms with E-state index in [1.807, 2.05) is 13.8 Å². The molecule has 0 aromatic carbocycles. The molecule has 1 atom stereocenters. The summed E-state index contributed by atoms with van der Waals surface area (Å²) < 4.78 is 0. The highest BCUT2D eigenvalue weighted by Gasteiger charge is 2.18.